The number of rotatable bonds is 6. The lowest BCUT2D eigenvalue weighted by atomic mass is 10.1. The lowest BCUT2D eigenvalue weighted by molar-refractivity contribution is 0.243. The Balaban J connectivity index is 1.78. The van der Waals surface area contributed by atoms with E-state index < -0.39 is 0 Å². The average molecular weight is 292 g/mol. The summed E-state index contributed by atoms with van der Waals surface area (Å²) in [6.07, 6.45) is 4.81. The number of nitrogens with one attached hydrogen (secondary N) is 2. The van der Waals surface area contributed by atoms with Gasteiger partial charge in [0.05, 0.1) is 11.9 Å². The van der Waals surface area contributed by atoms with Crippen LogP contribution in [0, 0.1) is 5.92 Å². The predicted octanol–water partition coefficient (Wildman–Crippen LogP) is 1.82. The molecule has 1 aliphatic heterocycles. The molecule has 0 saturated carbocycles. The molecule has 1 aromatic heterocycles. The van der Waals surface area contributed by atoms with Gasteiger partial charge < -0.3 is 20.6 Å². The Labute approximate surface area is 125 Å². The summed E-state index contributed by atoms with van der Waals surface area (Å²) < 4.78 is 0. The number of urea groups is 1. The third-order valence-electron chi connectivity index (χ3n) is 3.67. The minimum atomic E-state index is -0.240. The van der Waals surface area contributed by atoms with Gasteiger partial charge in [0, 0.05) is 26.2 Å². The predicted molar refractivity (Wildman–Crippen MR) is 83.6 cm³/mol. The zero-order valence-corrected chi connectivity index (χ0v) is 12.5. The summed E-state index contributed by atoms with van der Waals surface area (Å²) in [4.78, 5) is 18.4. The molecule has 0 spiro atoms. The SMILES string of the molecule is CC(CCO)CNC(=O)Nc1ccc(N2CCCC2)nc1. The first-order chi connectivity index (χ1) is 10.2. The highest BCUT2D eigenvalue weighted by atomic mass is 16.3. The van der Waals surface area contributed by atoms with E-state index >= 15 is 0 Å². The van der Waals surface area contributed by atoms with Gasteiger partial charge in [-0.15, -0.1) is 0 Å². The van der Waals surface area contributed by atoms with Gasteiger partial charge in [-0.2, -0.15) is 0 Å². The van der Waals surface area contributed by atoms with Crippen LogP contribution in [0.25, 0.3) is 0 Å². The molecule has 2 heterocycles. The molecule has 2 rings (SSSR count). The number of carbonyl (C=O) groups excluding carboxylic acids is 1. The molecular formula is C15H24N4O2. The van der Waals surface area contributed by atoms with Crippen LogP contribution in [0.3, 0.4) is 0 Å². The number of pyridine rings is 1. The van der Waals surface area contributed by atoms with Crippen LogP contribution in [0.2, 0.25) is 0 Å². The first-order valence-corrected chi connectivity index (χ1v) is 7.55. The molecule has 116 valence electrons. The van der Waals surface area contributed by atoms with Crippen LogP contribution in [-0.2, 0) is 0 Å². The summed E-state index contributed by atoms with van der Waals surface area (Å²) in [6, 6.07) is 3.57. The summed E-state index contributed by atoms with van der Waals surface area (Å²) in [5.74, 6) is 1.23. The van der Waals surface area contributed by atoms with E-state index in [-0.39, 0.29) is 18.6 Å². The van der Waals surface area contributed by atoms with Gasteiger partial charge in [-0.1, -0.05) is 6.92 Å². The van der Waals surface area contributed by atoms with Gasteiger partial charge in [-0.05, 0) is 37.3 Å². The van der Waals surface area contributed by atoms with Crippen LogP contribution >= 0.6 is 0 Å². The molecule has 6 nitrogen and oxygen atoms in total. The van der Waals surface area contributed by atoms with Crippen molar-refractivity contribution in [3.8, 4) is 0 Å². The Morgan fingerprint density at radius 3 is 2.81 bits per heavy atom. The monoisotopic (exact) mass is 292 g/mol. The normalized spacial score (nSPS) is 15.8. The van der Waals surface area contributed by atoms with Crippen LogP contribution < -0.4 is 15.5 Å². The number of amides is 2. The summed E-state index contributed by atoms with van der Waals surface area (Å²) in [5, 5.41) is 14.4. The van der Waals surface area contributed by atoms with Crippen molar-refractivity contribution in [2.24, 2.45) is 5.92 Å². The molecule has 0 bridgehead atoms. The largest absolute Gasteiger partial charge is 0.396 e. The Kier molecular flexibility index (Phi) is 5.80. The smallest absolute Gasteiger partial charge is 0.319 e. The van der Waals surface area contributed by atoms with Gasteiger partial charge in [0.1, 0.15) is 5.82 Å². The van der Waals surface area contributed by atoms with Crippen molar-refractivity contribution in [3.63, 3.8) is 0 Å². The van der Waals surface area contributed by atoms with Gasteiger partial charge in [0.15, 0.2) is 0 Å². The minimum absolute atomic E-state index is 0.145. The summed E-state index contributed by atoms with van der Waals surface area (Å²) in [5.41, 5.74) is 0.685. The number of aliphatic hydroxyl groups is 1. The van der Waals surface area contributed by atoms with Crippen molar-refractivity contribution in [2.75, 3.05) is 36.5 Å². The van der Waals surface area contributed by atoms with E-state index in [4.69, 9.17) is 5.11 Å². The van der Waals surface area contributed by atoms with Crippen LogP contribution in [0.5, 0.6) is 0 Å². The number of hydrogen-bond acceptors (Lipinski definition) is 4. The molecule has 3 N–H and O–H groups in total. The Morgan fingerprint density at radius 1 is 1.43 bits per heavy atom. The second kappa shape index (κ2) is 7.83. The van der Waals surface area contributed by atoms with E-state index in [1.165, 1.54) is 12.8 Å². The van der Waals surface area contributed by atoms with Gasteiger partial charge in [-0.3, -0.25) is 0 Å². The second-order valence-corrected chi connectivity index (χ2v) is 5.55. The van der Waals surface area contributed by atoms with Crippen molar-refractivity contribution < 1.29 is 9.90 Å². The van der Waals surface area contributed by atoms with E-state index in [1.54, 1.807) is 6.20 Å². The van der Waals surface area contributed by atoms with E-state index in [0.717, 1.165) is 18.9 Å². The Hall–Kier alpha value is -1.82. The lowest BCUT2D eigenvalue weighted by Crippen LogP contribution is -2.32. The molecular weight excluding hydrogens is 268 g/mol. The van der Waals surface area contributed by atoms with Crippen molar-refractivity contribution in [1.29, 1.82) is 0 Å². The van der Waals surface area contributed by atoms with Gasteiger partial charge in [0.2, 0.25) is 0 Å². The number of anilines is 2. The second-order valence-electron chi connectivity index (χ2n) is 5.55. The fourth-order valence-corrected chi connectivity index (χ4v) is 2.36. The van der Waals surface area contributed by atoms with Crippen molar-refractivity contribution in [1.82, 2.24) is 10.3 Å². The Bertz CT molecular complexity index is 443. The third-order valence-corrected chi connectivity index (χ3v) is 3.67. The molecule has 0 aliphatic carbocycles. The van der Waals surface area contributed by atoms with Crippen LogP contribution in [0.1, 0.15) is 26.2 Å². The minimum Gasteiger partial charge on any atom is -0.396 e. The molecule has 2 amide bonds. The maximum absolute atomic E-state index is 11.7. The fraction of sp³-hybridized carbons (Fsp3) is 0.600. The first-order valence-electron chi connectivity index (χ1n) is 7.55. The highest BCUT2D eigenvalue weighted by Gasteiger charge is 2.13. The highest BCUT2D eigenvalue weighted by Crippen LogP contribution is 2.18. The molecule has 0 aromatic carbocycles. The molecule has 1 fully saturated rings. The van der Waals surface area contributed by atoms with Crippen molar-refractivity contribution in [2.45, 2.75) is 26.2 Å². The topological polar surface area (TPSA) is 77.5 Å². The summed E-state index contributed by atoms with van der Waals surface area (Å²) in [7, 11) is 0. The number of carbonyl (C=O) groups is 1. The maximum atomic E-state index is 11.7. The van der Waals surface area contributed by atoms with E-state index in [0.29, 0.717) is 18.7 Å². The molecule has 1 unspecified atom stereocenters. The van der Waals surface area contributed by atoms with Crippen molar-refractivity contribution in [3.05, 3.63) is 18.3 Å². The molecule has 6 heteroatoms. The van der Waals surface area contributed by atoms with Crippen LogP contribution in [0.15, 0.2) is 18.3 Å². The summed E-state index contributed by atoms with van der Waals surface area (Å²) >= 11 is 0. The molecule has 21 heavy (non-hydrogen) atoms. The molecule has 1 saturated heterocycles. The standard InChI is InChI=1S/C15H24N4O2/c1-12(6-9-20)10-17-15(21)18-13-4-5-14(16-11-13)19-7-2-3-8-19/h4-5,11-12,20H,2-3,6-10H2,1H3,(H2,17,18,21). The van der Waals surface area contributed by atoms with Crippen LogP contribution in [-0.4, -0.2) is 42.4 Å². The first kappa shape index (κ1) is 15.6. The van der Waals surface area contributed by atoms with E-state index in [2.05, 4.69) is 20.5 Å². The van der Waals surface area contributed by atoms with Gasteiger partial charge in [-0.25, -0.2) is 9.78 Å². The molecule has 1 atom stereocenters. The lowest BCUT2D eigenvalue weighted by Gasteiger charge is -2.16. The zero-order chi connectivity index (χ0) is 15.1. The number of aliphatic hydroxyl groups excluding tert-OH is 1. The van der Waals surface area contributed by atoms with Gasteiger partial charge >= 0.3 is 6.03 Å². The number of nitrogens with zero attached hydrogens (tertiary/aromatic N) is 2. The summed E-state index contributed by atoms with van der Waals surface area (Å²) in [6.45, 7) is 4.80. The van der Waals surface area contributed by atoms with E-state index in [9.17, 15) is 4.79 Å². The molecule has 1 aromatic rings. The number of hydrogen-bond donors (Lipinski definition) is 3. The van der Waals surface area contributed by atoms with Gasteiger partial charge in [0.25, 0.3) is 0 Å². The quantitative estimate of drug-likeness (QED) is 0.747. The average Bonchev–Trinajstić information content (AvgIpc) is 3.00. The van der Waals surface area contributed by atoms with Crippen LogP contribution in [0.4, 0.5) is 16.3 Å². The highest BCUT2D eigenvalue weighted by molar-refractivity contribution is 5.89. The van der Waals surface area contributed by atoms with Crippen molar-refractivity contribution >= 4 is 17.5 Å². The zero-order valence-electron chi connectivity index (χ0n) is 12.5. The fourth-order valence-electron chi connectivity index (χ4n) is 2.36. The number of aromatic nitrogens is 1. The Morgan fingerprint density at radius 2 is 2.19 bits per heavy atom. The molecule has 1 aliphatic rings. The maximum Gasteiger partial charge on any atom is 0.319 e. The third kappa shape index (κ3) is 4.90. The molecule has 0 radical (unpaired) electrons. The van der Waals surface area contributed by atoms with E-state index in [1.807, 2.05) is 19.1 Å².